The number of aromatic amines is 1. The first kappa shape index (κ1) is 53.8. The van der Waals surface area contributed by atoms with Crippen molar-refractivity contribution in [3.05, 3.63) is 135 Å². The summed E-state index contributed by atoms with van der Waals surface area (Å²) in [4.78, 5) is 43.2. The Bertz CT molecular complexity index is 3430. The minimum Gasteiger partial charge on any atom is -0.497 e. The summed E-state index contributed by atoms with van der Waals surface area (Å²) < 4.78 is 63.9. The number of methoxy groups -OCH3 is 1. The Hall–Kier alpha value is -6.84. The Morgan fingerprint density at radius 3 is 2.52 bits per heavy atom. The number of sulfonamides is 1. The van der Waals surface area contributed by atoms with E-state index in [4.69, 9.17) is 14.2 Å². The molecule has 2 aliphatic carbocycles. The van der Waals surface area contributed by atoms with E-state index in [0.29, 0.717) is 55.7 Å². The molecule has 20 heteroatoms. The molecule has 6 aromatic rings. The number of aliphatic hydroxyl groups is 1. The fourth-order valence-electron chi connectivity index (χ4n) is 13.5. The number of amides is 1. The van der Waals surface area contributed by atoms with E-state index in [2.05, 4.69) is 85.0 Å². The van der Waals surface area contributed by atoms with E-state index in [-0.39, 0.29) is 52.1 Å². The van der Waals surface area contributed by atoms with Gasteiger partial charge >= 0.3 is 0 Å². The molecule has 6 heterocycles. The van der Waals surface area contributed by atoms with Crippen LogP contribution in [0, 0.1) is 27.3 Å². The third kappa shape index (κ3) is 10.4. The van der Waals surface area contributed by atoms with Gasteiger partial charge < -0.3 is 39.4 Å². The molecule has 3 saturated heterocycles. The monoisotopic (exact) mass is 1110 g/mol. The fourth-order valence-corrected chi connectivity index (χ4v) is 14.5. The number of H-pyrrole nitrogens is 1. The predicted octanol–water partition coefficient (Wildman–Crippen LogP) is 9.43. The molecule has 4 aromatic carbocycles. The van der Waals surface area contributed by atoms with Crippen LogP contribution in [0.3, 0.4) is 0 Å². The van der Waals surface area contributed by atoms with Crippen molar-refractivity contribution in [2.45, 2.75) is 113 Å². The van der Waals surface area contributed by atoms with Crippen LogP contribution in [-0.2, 0) is 21.3 Å². The third-order valence-electron chi connectivity index (χ3n) is 17.9. The van der Waals surface area contributed by atoms with Gasteiger partial charge in [0.25, 0.3) is 21.6 Å². The topological polar surface area (TPSA) is 208 Å². The van der Waals surface area contributed by atoms with Gasteiger partial charge in [0.2, 0.25) is 5.88 Å². The Morgan fingerprint density at radius 1 is 1.00 bits per heavy atom. The molecule has 6 aliphatic rings. The minimum absolute atomic E-state index is 0.0158. The molecule has 4 N–H and O–H groups in total. The van der Waals surface area contributed by atoms with E-state index in [1.165, 1.54) is 35.0 Å². The highest BCUT2D eigenvalue weighted by Gasteiger charge is 2.55. The molecule has 2 saturated carbocycles. The van der Waals surface area contributed by atoms with Gasteiger partial charge in [-0.15, -0.1) is 0 Å². The Kier molecular flexibility index (Phi) is 14.3. The summed E-state index contributed by atoms with van der Waals surface area (Å²) in [7, 11) is -3.00. The number of hydrogen-bond donors (Lipinski definition) is 4. The maximum atomic E-state index is 15.4. The molecule has 3 atom stereocenters. The first-order chi connectivity index (χ1) is 38.4. The molecule has 0 bridgehead atoms. The highest BCUT2D eigenvalue weighted by atomic mass is 32.2. The number of nitrogens with zero attached hydrogens (tertiary/aromatic N) is 6. The number of aromatic nitrogens is 2. The smallest absolute Gasteiger partial charge is 0.293 e. The molecule has 1 spiro atoms. The van der Waals surface area contributed by atoms with Gasteiger partial charge in [0.15, 0.2) is 0 Å². The minimum atomic E-state index is -4.69. The number of pyridine rings is 1. The number of ether oxygens (including phenoxy) is 3. The van der Waals surface area contributed by atoms with Crippen LogP contribution in [0.1, 0.15) is 105 Å². The first-order valence-corrected chi connectivity index (χ1v) is 29.5. The van der Waals surface area contributed by atoms with Crippen LogP contribution >= 0.6 is 0 Å². The number of benzene rings is 4. The largest absolute Gasteiger partial charge is 0.497 e. The number of rotatable bonds is 15. The highest BCUT2D eigenvalue weighted by molar-refractivity contribution is 7.90. The van der Waals surface area contributed by atoms with Crippen LogP contribution in [0.5, 0.6) is 11.6 Å². The van der Waals surface area contributed by atoms with Crippen LogP contribution in [-0.4, -0.2) is 128 Å². The van der Waals surface area contributed by atoms with Gasteiger partial charge in [0.05, 0.1) is 51.8 Å². The maximum absolute atomic E-state index is 15.4. The zero-order valence-electron chi connectivity index (χ0n) is 45.7. The summed E-state index contributed by atoms with van der Waals surface area (Å²) in [6, 6.07) is 28.0. The number of carbonyl (C=O) groups is 1. The quantitative estimate of drug-likeness (QED) is 0.0558. The summed E-state index contributed by atoms with van der Waals surface area (Å²) in [6.45, 7) is 12.6. The number of fused-ring (bicyclic) bond motifs is 3. The number of nitro groups is 1. The number of halogens is 1. The Morgan fingerprint density at radius 2 is 1.77 bits per heavy atom. The van der Waals surface area contributed by atoms with Gasteiger partial charge in [0, 0.05) is 87.9 Å². The maximum Gasteiger partial charge on any atom is 0.293 e. The molecule has 0 unspecified atom stereocenters. The van der Waals surface area contributed by atoms with Crippen LogP contribution in [0.25, 0.3) is 11.0 Å². The number of anilines is 4. The van der Waals surface area contributed by atoms with E-state index in [1.54, 1.807) is 26.2 Å². The second-order valence-corrected chi connectivity index (χ2v) is 25.4. The van der Waals surface area contributed by atoms with Gasteiger partial charge in [-0.05, 0) is 129 Å². The summed E-state index contributed by atoms with van der Waals surface area (Å²) >= 11 is 0. The van der Waals surface area contributed by atoms with Crippen LogP contribution in [0.15, 0.2) is 102 Å². The lowest BCUT2D eigenvalue weighted by Crippen LogP contribution is -2.68. The Balaban J connectivity index is 0.816. The van der Waals surface area contributed by atoms with Crippen molar-refractivity contribution in [3.8, 4) is 11.6 Å². The van der Waals surface area contributed by atoms with E-state index in [9.17, 15) is 28.4 Å². The van der Waals surface area contributed by atoms with Gasteiger partial charge in [0.1, 0.15) is 34.7 Å². The molecule has 12 rings (SSSR count). The highest BCUT2D eigenvalue weighted by Crippen LogP contribution is 2.54. The standard InChI is InChI=1S/C60H70FN9O9S/c1-37(2)44-7-5-6-8-45(44)54-33-66(32-39-9-12-42(77-4)13-10-39)22-23-68(54)41-28-60(29-41)35-67(36-60)40-11-15-46(51(25-40)69-50-19-24-78-34-55(50)79-58-53(69)27-47-48(61)31-63-56(47)64-58)57(71)65-80(75,76)43-14-16-49(52(26-43)70(73)74)62-30-38-17-20-59(3,72)21-18-38/h5-16,25-27,31,37-38,41,50,54-55,62,72H,17-24,28-30,32-36H2,1-4H3,(H,63,64)(H,65,71)/t38?,50-,54-,55-,59?/m0/s1. The van der Waals surface area contributed by atoms with E-state index >= 15 is 4.39 Å². The number of hydrogen-bond acceptors (Lipinski definition) is 15. The average molecular weight is 1110 g/mol. The van der Waals surface area contributed by atoms with Gasteiger partial charge in [-0.1, -0.05) is 50.2 Å². The van der Waals surface area contributed by atoms with Crippen LogP contribution in [0.4, 0.5) is 32.8 Å². The van der Waals surface area contributed by atoms with Gasteiger partial charge in [-0.25, -0.2) is 17.5 Å². The van der Waals surface area contributed by atoms with E-state index in [0.717, 1.165) is 82.5 Å². The fraction of sp³-hybridized carbons (Fsp3) is 0.467. The lowest BCUT2D eigenvalue weighted by molar-refractivity contribution is -0.384. The second-order valence-electron chi connectivity index (χ2n) is 23.7. The van der Waals surface area contributed by atoms with Gasteiger partial charge in [-0.3, -0.25) is 24.7 Å². The zero-order chi connectivity index (χ0) is 55.7. The predicted molar refractivity (Wildman–Crippen MR) is 303 cm³/mol. The third-order valence-corrected chi connectivity index (χ3v) is 19.2. The van der Waals surface area contributed by atoms with E-state index in [1.807, 2.05) is 29.2 Å². The number of carbonyl (C=O) groups excluding carboxylic acids is 1. The van der Waals surface area contributed by atoms with Crippen molar-refractivity contribution in [2.75, 3.05) is 74.7 Å². The molecule has 2 aromatic heterocycles. The Labute approximate surface area is 465 Å². The summed E-state index contributed by atoms with van der Waals surface area (Å²) in [5.74, 6) is 0.125. The normalized spacial score (nSPS) is 24.1. The first-order valence-electron chi connectivity index (χ1n) is 28.1. The van der Waals surface area contributed by atoms with Crippen LogP contribution in [0.2, 0.25) is 0 Å². The van der Waals surface area contributed by atoms with E-state index < -0.39 is 55.0 Å². The molecule has 18 nitrogen and oxygen atoms in total. The summed E-state index contributed by atoms with van der Waals surface area (Å²) in [5, 5.41) is 26.2. The van der Waals surface area contributed by atoms with Crippen molar-refractivity contribution < 1.29 is 41.8 Å². The zero-order valence-corrected chi connectivity index (χ0v) is 46.5. The van der Waals surface area contributed by atoms with Crippen molar-refractivity contribution >= 4 is 55.4 Å². The number of nitrogens with one attached hydrogen (secondary N) is 3. The van der Waals surface area contributed by atoms with Crippen molar-refractivity contribution in [3.63, 3.8) is 0 Å². The lowest BCUT2D eigenvalue weighted by Gasteiger charge is -2.63. The molecule has 1 amide bonds. The molecule has 80 heavy (non-hydrogen) atoms. The van der Waals surface area contributed by atoms with Gasteiger partial charge in [-0.2, -0.15) is 4.98 Å². The summed E-state index contributed by atoms with van der Waals surface area (Å²) in [6.07, 6.45) is 5.95. The molecular formula is C60H70FN9O9S. The molecular weight excluding hydrogens is 1040 g/mol. The number of piperazine rings is 1. The lowest BCUT2D eigenvalue weighted by atomic mass is 9.59. The SMILES string of the molecule is COc1ccc(CN2CCN(C3CC4(C3)CN(c3ccc(C(=O)NS(=O)(=O)c5ccc(NCC6CCC(C)(O)CC6)c([N+](=O)[O-])c5)c(N5c6cc7c(F)c[nH]c7nc6O[C@H]6COCC[C@@H]65)c3)C4)[C@H](c3ccccc3C(C)C)C2)cc1. The molecule has 422 valence electrons. The van der Waals surface area contributed by atoms with Crippen molar-refractivity contribution in [1.82, 2.24) is 24.5 Å². The number of nitro benzene ring substituents is 1. The van der Waals surface area contributed by atoms with Crippen molar-refractivity contribution in [1.29, 1.82) is 0 Å². The summed E-state index contributed by atoms with van der Waals surface area (Å²) in [5.41, 5.74) is 4.98. The van der Waals surface area contributed by atoms with Crippen molar-refractivity contribution in [2.24, 2.45) is 11.3 Å². The van der Waals surface area contributed by atoms with Crippen LogP contribution < -0.4 is 29.3 Å². The molecule has 5 fully saturated rings. The second kappa shape index (κ2) is 21.2. The average Bonchev–Trinajstić information content (AvgIpc) is 2.60. The molecule has 0 radical (unpaired) electrons. The molecule has 4 aliphatic heterocycles.